The van der Waals surface area contributed by atoms with Crippen molar-refractivity contribution in [1.29, 1.82) is 0 Å². The Kier molecular flexibility index (Phi) is 3.76. The summed E-state index contributed by atoms with van der Waals surface area (Å²) in [5, 5.41) is 9.95. The van der Waals surface area contributed by atoms with E-state index in [2.05, 4.69) is 4.98 Å². The van der Waals surface area contributed by atoms with Gasteiger partial charge in [-0.1, -0.05) is 6.07 Å². The van der Waals surface area contributed by atoms with Crippen LogP contribution in [0.1, 0.15) is 33.4 Å². The summed E-state index contributed by atoms with van der Waals surface area (Å²) >= 11 is 0. The van der Waals surface area contributed by atoms with Gasteiger partial charge in [-0.15, -0.1) is 0 Å². The highest BCUT2D eigenvalue weighted by molar-refractivity contribution is 6.47. The molecular formula is C12H20BNO2. The molecule has 0 aliphatic heterocycles. The molecule has 0 amide bonds. The van der Waals surface area contributed by atoms with Gasteiger partial charge >= 0.3 is 7.48 Å². The predicted octanol–water partition coefficient (Wildman–Crippen LogP) is 0.933. The summed E-state index contributed by atoms with van der Waals surface area (Å²) in [5.41, 5.74) is 0.562. The van der Waals surface area contributed by atoms with Crippen LogP contribution in [-0.4, -0.2) is 28.8 Å². The van der Waals surface area contributed by atoms with E-state index in [0.717, 1.165) is 11.2 Å². The lowest BCUT2D eigenvalue weighted by Crippen LogP contribution is -2.49. The number of pyridine rings is 1. The van der Waals surface area contributed by atoms with Crippen molar-refractivity contribution in [3.63, 3.8) is 0 Å². The predicted molar refractivity (Wildman–Crippen MR) is 67.2 cm³/mol. The maximum atomic E-state index is 9.95. The van der Waals surface area contributed by atoms with Gasteiger partial charge in [0.05, 0.1) is 11.2 Å². The van der Waals surface area contributed by atoms with Crippen molar-refractivity contribution in [2.75, 3.05) is 0 Å². The molecule has 0 spiro atoms. The van der Waals surface area contributed by atoms with Crippen molar-refractivity contribution in [2.45, 2.75) is 45.8 Å². The van der Waals surface area contributed by atoms with Crippen molar-refractivity contribution >= 4 is 12.9 Å². The van der Waals surface area contributed by atoms with Crippen LogP contribution in [0.4, 0.5) is 0 Å². The fourth-order valence-electron chi connectivity index (χ4n) is 1.10. The Balaban J connectivity index is 2.69. The van der Waals surface area contributed by atoms with E-state index >= 15 is 0 Å². The SMILES string of the molecule is Cc1ncccc1BOC(C)(C)C(C)(C)O. The molecule has 0 aromatic carbocycles. The second-order valence-electron chi connectivity index (χ2n) is 5.11. The summed E-state index contributed by atoms with van der Waals surface area (Å²) in [4.78, 5) is 4.20. The molecule has 4 heteroatoms. The monoisotopic (exact) mass is 221 g/mol. The van der Waals surface area contributed by atoms with Crippen LogP contribution in [0.3, 0.4) is 0 Å². The molecule has 0 saturated heterocycles. The van der Waals surface area contributed by atoms with Crippen molar-refractivity contribution < 1.29 is 9.76 Å². The van der Waals surface area contributed by atoms with Crippen molar-refractivity contribution in [1.82, 2.24) is 4.98 Å². The number of nitrogens with zero attached hydrogens (tertiary/aromatic N) is 1. The van der Waals surface area contributed by atoms with Crippen LogP contribution in [0.25, 0.3) is 0 Å². The summed E-state index contributed by atoms with van der Waals surface area (Å²) in [7, 11) is 0.469. The van der Waals surface area contributed by atoms with E-state index in [-0.39, 0.29) is 0 Å². The summed E-state index contributed by atoms with van der Waals surface area (Å²) < 4.78 is 5.77. The van der Waals surface area contributed by atoms with Gasteiger partial charge in [0.15, 0.2) is 0 Å². The summed E-state index contributed by atoms with van der Waals surface area (Å²) in [6.45, 7) is 9.24. The minimum Gasteiger partial charge on any atom is -0.427 e. The normalized spacial score (nSPS) is 12.6. The molecule has 0 aliphatic rings. The van der Waals surface area contributed by atoms with Crippen molar-refractivity contribution in [3.05, 3.63) is 24.0 Å². The topological polar surface area (TPSA) is 42.4 Å². The van der Waals surface area contributed by atoms with E-state index in [1.165, 1.54) is 0 Å². The van der Waals surface area contributed by atoms with Gasteiger partial charge in [0.1, 0.15) is 0 Å². The Morgan fingerprint density at radius 3 is 2.44 bits per heavy atom. The summed E-state index contributed by atoms with van der Waals surface area (Å²) in [5.74, 6) is 0. The third kappa shape index (κ3) is 3.06. The van der Waals surface area contributed by atoms with Crippen molar-refractivity contribution in [3.8, 4) is 0 Å². The molecule has 88 valence electrons. The van der Waals surface area contributed by atoms with Crippen LogP contribution in [0.15, 0.2) is 18.3 Å². The first-order valence-electron chi connectivity index (χ1n) is 5.51. The maximum absolute atomic E-state index is 9.95. The van der Waals surface area contributed by atoms with Gasteiger partial charge in [-0.05, 0) is 46.1 Å². The highest BCUT2D eigenvalue weighted by Crippen LogP contribution is 2.24. The van der Waals surface area contributed by atoms with E-state index in [0.29, 0.717) is 7.48 Å². The second-order valence-corrected chi connectivity index (χ2v) is 5.11. The van der Waals surface area contributed by atoms with Gasteiger partial charge in [-0.2, -0.15) is 0 Å². The van der Waals surface area contributed by atoms with E-state index < -0.39 is 11.2 Å². The molecule has 0 atom stereocenters. The van der Waals surface area contributed by atoms with E-state index in [1.807, 2.05) is 32.9 Å². The van der Waals surface area contributed by atoms with Crippen LogP contribution in [-0.2, 0) is 4.65 Å². The number of hydrogen-bond acceptors (Lipinski definition) is 3. The Morgan fingerprint density at radius 1 is 1.31 bits per heavy atom. The lowest BCUT2D eigenvalue weighted by atomic mass is 9.82. The molecule has 3 nitrogen and oxygen atoms in total. The van der Waals surface area contributed by atoms with Gasteiger partial charge < -0.3 is 9.76 Å². The van der Waals surface area contributed by atoms with Gasteiger partial charge in [0.25, 0.3) is 0 Å². The molecular weight excluding hydrogens is 201 g/mol. The van der Waals surface area contributed by atoms with Crippen LogP contribution in [0, 0.1) is 6.92 Å². The third-order valence-corrected chi connectivity index (χ3v) is 3.18. The van der Waals surface area contributed by atoms with Gasteiger partial charge in [-0.3, -0.25) is 4.98 Å². The molecule has 0 aliphatic carbocycles. The molecule has 0 bridgehead atoms. The first-order chi connectivity index (χ1) is 7.24. The molecule has 0 unspecified atom stereocenters. The maximum Gasteiger partial charge on any atom is 0.311 e. The zero-order valence-corrected chi connectivity index (χ0v) is 10.7. The summed E-state index contributed by atoms with van der Waals surface area (Å²) in [6, 6.07) is 3.88. The number of aromatic nitrogens is 1. The lowest BCUT2D eigenvalue weighted by molar-refractivity contribution is -0.0893. The van der Waals surface area contributed by atoms with Crippen molar-refractivity contribution in [2.24, 2.45) is 0 Å². The molecule has 1 aromatic rings. The number of hydrogen-bond donors (Lipinski definition) is 1. The van der Waals surface area contributed by atoms with Crippen LogP contribution < -0.4 is 5.46 Å². The van der Waals surface area contributed by atoms with E-state index in [4.69, 9.17) is 4.65 Å². The average molecular weight is 221 g/mol. The fourth-order valence-corrected chi connectivity index (χ4v) is 1.10. The Morgan fingerprint density at radius 2 is 1.94 bits per heavy atom. The number of rotatable bonds is 4. The van der Waals surface area contributed by atoms with Crippen LogP contribution in [0.2, 0.25) is 0 Å². The Hall–Kier alpha value is -0.865. The van der Waals surface area contributed by atoms with Crippen LogP contribution >= 0.6 is 0 Å². The zero-order chi connectivity index (χ0) is 12.4. The molecule has 16 heavy (non-hydrogen) atoms. The highest BCUT2D eigenvalue weighted by Gasteiger charge is 2.35. The van der Waals surface area contributed by atoms with Gasteiger partial charge in [-0.25, -0.2) is 0 Å². The molecule has 1 N–H and O–H groups in total. The van der Waals surface area contributed by atoms with Gasteiger partial charge in [0, 0.05) is 11.9 Å². The third-order valence-electron chi connectivity index (χ3n) is 3.18. The zero-order valence-electron chi connectivity index (χ0n) is 10.7. The Bertz CT molecular complexity index is 358. The smallest absolute Gasteiger partial charge is 0.311 e. The largest absolute Gasteiger partial charge is 0.427 e. The summed E-state index contributed by atoms with van der Waals surface area (Å²) in [6.07, 6.45) is 1.76. The first-order valence-corrected chi connectivity index (χ1v) is 5.51. The standard InChI is InChI=1S/C12H20BNO2/c1-9-10(7-6-8-14-9)13-16-12(4,5)11(2,3)15/h6-8,13,15H,1-5H3. The minimum atomic E-state index is -0.872. The minimum absolute atomic E-state index is 0.469. The van der Waals surface area contributed by atoms with E-state index in [9.17, 15) is 5.11 Å². The Labute approximate surface area is 98.1 Å². The lowest BCUT2D eigenvalue weighted by Gasteiger charge is -2.37. The molecule has 1 heterocycles. The number of aliphatic hydroxyl groups is 1. The van der Waals surface area contributed by atoms with E-state index in [1.54, 1.807) is 20.0 Å². The first kappa shape index (κ1) is 13.2. The van der Waals surface area contributed by atoms with Gasteiger partial charge in [0.2, 0.25) is 0 Å². The fraction of sp³-hybridized carbons (Fsp3) is 0.583. The quantitative estimate of drug-likeness (QED) is 0.769. The molecule has 0 fully saturated rings. The molecule has 0 saturated carbocycles. The highest BCUT2D eigenvalue weighted by atomic mass is 16.5. The van der Waals surface area contributed by atoms with Crippen LogP contribution in [0.5, 0.6) is 0 Å². The molecule has 1 aromatic heterocycles. The second kappa shape index (κ2) is 4.56. The average Bonchev–Trinajstić information content (AvgIpc) is 2.15. The number of aryl methyl sites for hydroxylation is 1. The molecule has 0 radical (unpaired) electrons. The molecule has 1 rings (SSSR count).